The first-order chi connectivity index (χ1) is 24.8. The summed E-state index contributed by atoms with van der Waals surface area (Å²) in [6.07, 6.45) is 2.14. The summed E-state index contributed by atoms with van der Waals surface area (Å²) in [7, 11) is -0.844. The van der Waals surface area contributed by atoms with Gasteiger partial charge in [0.15, 0.2) is 5.82 Å². The third-order valence-corrected chi connectivity index (χ3v) is 18.2. The fourth-order valence-electron chi connectivity index (χ4n) is 9.24. The van der Waals surface area contributed by atoms with Crippen LogP contribution in [0.3, 0.4) is 0 Å². The fourth-order valence-corrected chi connectivity index (χ4v) is 14.4. The molecule has 3 aliphatic rings. The molecule has 0 spiro atoms. The van der Waals surface area contributed by atoms with Gasteiger partial charge in [-0.2, -0.15) is 9.97 Å². The van der Waals surface area contributed by atoms with E-state index in [1.807, 2.05) is 4.90 Å². The highest BCUT2D eigenvalue weighted by Gasteiger charge is 2.49. The lowest BCUT2D eigenvalue weighted by molar-refractivity contribution is 0.107. The minimum absolute atomic E-state index is 0.0215. The molecule has 4 aromatic rings. The molecule has 7 rings (SSSR count). The maximum atomic E-state index is 17.3. The number of hydrogen-bond acceptors (Lipinski definition) is 8. The number of ether oxygens (including phenoxy) is 2. The van der Waals surface area contributed by atoms with Crippen molar-refractivity contribution in [1.82, 2.24) is 19.9 Å². The molecule has 0 bridgehead atoms. The second kappa shape index (κ2) is 13.7. The van der Waals surface area contributed by atoms with Crippen molar-refractivity contribution in [3.8, 4) is 40.4 Å². The molecule has 0 radical (unpaired) electrons. The summed E-state index contributed by atoms with van der Waals surface area (Å²) in [5, 5.41) is 12.0. The number of rotatable bonds is 9. The molecule has 0 saturated carbocycles. The molecular formula is C40H48F3N5O3Si. The van der Waals surface area contributed by atoms with Crippen LogP contribution in [0, 0.1) is 23.1 Å². The summed E-state index contributed by atoms with van der Waals surface area (Å²) >= 11 is 0. The number of phenols is 1. The van der Waals surface area contributed by atoms with E-state index in [4.69, 9.17) is 14.5 Å². The Morgan fingerprint density at radius 3 is 2.37 bits per heavy atom. The van der Waals surface area contributed by atoms with Crippen LogP contribution < -0.4 is 14.4 Å². The van der Waals surface area contributed by atoms with Gasteiger partial charge in [0.2, 0.25) is 5.88 Å². The zero-order chi connectivity index (χ0) is 37.1. The van der Waals surface area contributed by atoms with Crippen molar-refractivity contribution in [3.05, 3.63) is 41.5 Å². The summed E-state index contributed by atoms with van der Waals surface area (Å²) in [4.78, 5) is 18.1. The number of methoxy groups -OCH3 is 1. The van der Waals surface area contributed by atoms with Crippen LogP contribution in [-0.4, -0.2) is 84.6 Å². The van der Waals surface area contributed by atoms with Crippen LogP contribution in [0.15, 0.2) is 24.3 Å². The lowest BCUT2D eigenvalue weighted by atomic mass is 9.95. The molecule has 2 atom stereocenters. The largest absolute Gasteiger partial charge is 0.508 e. The van der Waals surface area contributed by atoms with E-state index in [9.17, 15) is 9.50 Å². The number of alkyl halides is 1. The molecule has 52 heavy (non-hydrogen) atoms. The molecule has 1 N–H and O–H groups in total. The summed E-state index contributed by atoms with van der Waals surface area (Å²) < 4.78 is 59.8. The van der Waals surface area contributed by atoms with Crippen molar-refractivity contribution in [2.75, 3.05) is 44.8 Å². The van der Waals surface area contributed by atoms with Crippen LogP contribution in [0.4, 0.5) is 19.0 Å². The van der Waals surface area contributed by atoms with Crippen LogP contribution in [0.5, 0.6) is 17.6 Å². The number of anilines is 1. The van der Waals surface area contributed by atoms with Crippen molar-refractivity contribution in [2.45, 2.75) is 95.6 Å². The predicted molar refractivity (Wildman–Crippen MR) is 202 cm³/mol. The molecule has 0 amide bonds. The monoisotopic (exact) mass is 731 g/mol. The van der Waals surface area contributed by atoms with Gasteiger partial charge in [0.05, 0.1) is 18.2 Å². The number of aromatic nitrogens is 3. The van der Waals surface area contributed by atoms with Gasteiger partial charge in [-0.3, -0.25) is 4.90 Å². The van der Waals surface area contributed by atoms with Gasteiger partial charge in [0.25, 0.3) is 0 Å². The van der Waals surface area contributed by atoms with E-state index in [0.717, 1.165) is 25.8 Å². The zero-order valence-electron chi connectivity index (χ0n) is 31.1. The van der Waals surface area contributed by atoms with Gasteiger partial charge in [0, 0.05) is 37.0 Å². The topological polar surface area (TPSA) is 83.8 Å². The van der Waals surface area contributed by atoms with E-state index in [1.165, 1.54) is 25.3 Å². The van der Waals surface area contributed by atoms with Crippen LogP contribution in [0.2, 0.25) is 16.6 Å². The zero-order valence-corrected chi connectivity index (χ0v) is 32.1. The van der Waals surface area contributed by atoms with Crippen LogP contribution in [0.25, 0.3) is 32.9 Å². The van der Waals surface area contributed by atoms with Gasteiger partial charge in [-0.05, 0) is 66.0 Å². The Hall–Kier alpha value is -4.08. The molecule has 5 heterocycles. The van der Waals surface area contributed by atoms with Gasteiger partial charge in [0.1, 0.15) is 54.8 Å². The molecule has 3 aliphatic heterocycles. The van der Waals surface area contributed by atoms with Gasteiger partial charge < -0.3 is 19.5 Å². The number of halogens is 3. The van der Waals surface area contributed by atoms with Gasteiger partial charge in [-0.1, -0.05) is 53.5 Å². The Morgan fingerprint density at radius 2 is 1.71 bits per heavy atom. The van der Waals surface area contributed by atoms with E-state index in [2.05, 4.69) is 67.9 Å². The maximum absolute atomic E-state index is 17.3. The second-order valence-corrected chi connectivity index (χ2v) is 21.3. The minimum Gasteiger partial charge on any atom is -0.508 e. The maximum Gasteiger partial charge on any atom is 0.319 e. The minimum atomic E-state index is -2.29. The molecule has 2 aromatic carbocycles. The summed E-state index contributed by atoms with van der Waals surface area (Å²) in [5.41, 5.74) is 4.14. The normalized spacial score (nSPS) is 20.6. The predicted octanol–water partition coefficient (Wildman–Crippen LogP) is 8.57. The quantitative estimate of drug-likeness (QED) is 0.136. The van der Waals surface area contributed by atoms with Gasteiger partial charge >= 0.3 is 6.01 Å². The average Bonchev–Trinajstić information content (AvgIpc) is 3.59. The smallest absolute Gasteiger partial charge is 0.319 e. The van der Waals surface area contributed by atoms with E-state index >= 15 is 8.78 Å². The number of fused-ring (bicyclic) bond motifs is 3. The van der Waals surface area contributed by atoms with Crippen molar-refractivity contribution >= 4 is 35.6 Å². The first-order valence-corrected chi connectivity index (χ1v) is 20.7. The van der Waals surface area contributed by atoms with Crippen molar-refractivity contribution < 1.29 is 27.8 Å². The molecule has 8 nitrogen and oxygen atoms in total. The number of hydrogen-bond donors (Lipinski definition) is 1. The molecular weight excluding hydrogens is 684 g/mol. The summed E-state index contributed by atoms with van der Waals surface area (Å²) in [6, 6.07) is 5.77. The molecule has 0 unspecified atom stereocenters. The summed E-state index contributed by atoms with van der Waals surface area (Å²) in [5.74, 6) is 2.31. The Morgan fingerprint density at radius 1 is 0.981 bits per heavy atom. The molecule has 3 fully saturated rings. The molecule has 2 aromatic heterocycles. The SMILES string of the molecule is COc1nc(-c2cc(O)cc3ccc(F)c(C#C[Si](C(C)C)(C(C)C)C(C)C)c23)c(F)c2nc(OC[C@@]34CCCN3C[C@H](F)C4)nc(N3CCC3)c12. The average molecular weight is 732 g/mol. The highest BCUT2D eigenvalue weighted by Crippen LogP contribution is 2.45. The Balaban J connectivity index is 1.43. The number of nitrogens with zero attached hydrogens (tertiary/aromatic N) is 5. The number of phenolic OH excluding ortho intramolecular Hbond substituents is 1. The Bertz CT molecular complexity index is 2070. The van der Waals surface area contributed by atoms with Crippen molar-refractivity contribution in [3.63, 3.8) is 0 Å². The highest BCUT2D eigenvalue weighted by atomic mass is 28.3. The Labute approximate surface area is 304 Å². The fraction of sp³-hybridized carbons (Fsp3) is 0.525. The van der Waals surface area contributed by atoms with Crippen LogP contribution in [0.1, 0.15) is 72.8 Å². The number of pyridine rings is 1. The first kappa shape index (κ1) is 36.3. The van der Waals surface area contributed by atoms with Gasteiger partial charge in [-0.15, -0.1) is 5.54 Å². The first-order valence-electron chi connectivity index (χ1n) is 18.5. The van der Waals surface area contributed by atoms with Gasteiger partial charge in [-0.25, -0.2) is 18.2 Å². The molecule has 3 saturated heterocycles. The Kier molecular flexibility index (Phi) is 9.57. The van der Waals surface area contributed by atoms with E-state index in [0.29, 0.717) is 64.7 Å². The molecule has 276 valence electrons. The third kappa shape index (κ3) is 5.94. The molecule has 12 heteroatoms. The van der Waals surface area contributed by atoms with E-state index in [1.54, 1.807) is 6.07 Å². The number of benzene rings is 2. The lowest BCUT2D eigenvalue weighted by Crippen LogP contribution is -2.43. The molecule has 0 aliphatic carbocycles. The number of aromatic hydroxyl groups is 1. The lowest BCUT2D eigenvalue weighted by Gasteiger charge is -2.38. The highest BCUT2D eigenvalue weighted by molar-refractivity contribution is 6.90. The van der Waals surface area contributed by atoms with E-state index in [-0.39, 0.29) is 46.6 Å². The van der Waals surface area contributed by atoms with E-state index < -0.39 is 31.4 Å². The van der Waals surface area contributed by atoms with Crippen molar-refractivity contribution in [1.29, 1.82) is 0 Å². The van der Waals surface area contributed by atoms with Crippen LogP contribution >= 0.6 is 0 Å². The third-order valence-electron chi connectivity index (χ3n) is 11.9. The second-order valence-electron chi connectivity index (χ2n) is 15.7. The van der Waals surface area contributed by atoms with Crippen LogP contribution in [-0.2, 0) is 0 Å². The van der Waals surface area contributed by atoms with Crippen molar-refractivity contribution in [2.24, 2.45) is 0 Å². The summed E-state index contributed by atoms with van der Waals surface area (Å²) in [6.45, 7) is 15.9. The standard InChI is InChI=1S/C40H48F3N5O3Si/c1-23(2)52(24(3)4,25(5)6)17-12-29-31(42)11-10-26-18-28(49)19-30(32(26)29)35-34(43)36-33(38(44-35)50-7)37(47-14-9-15-47)46-39(45-36)51-22-40-13-8-16-48(40)21-27(41)20-40/h10-11,18-19,23-25,27,49H,8-9,13-16,20-22H2,1-7H3/t27-,40+/m1/s1.